The van der Waals surface area contributed by atoms with E-state index in [1.54, 1.807) is 18.7 Å². The van der Waals surface area contributed by atoms with E-state index in [0.717, 1.165) is 21.3 Å². The van der Waals surface area contributed by atoms with Gasteiger partial charge in [-0.1, -0.05) is 29.8 Å². The first-order valence-corrected chi connectivity index (χ1v) is 10.6. The topological polar surface area (TPSA) is 78.3 Å². The first kappa shape index (κ1) is 21.1. The molecule has 31 heavy (non-hydrogen) atoms. The van der Waals surface area contributed by atoms with E-state index in [4.69, 9.17) is 9.47 Å². The van der Waals surface area contributed by atoms with Gasteiger partial charge in [0.05, 0.1) is 11.6 Å². The molecule has 2 aromatic carbocycles. The largest absolute Gasteiger partial charge is 0.493 e. The zero-order valence-corrected chi connectivity index (χ0v) is 19.4. The molecule has 160 valence electrons. The molecule has 7 nitrogen and oxygen atoms in total. The van der Waals surface area contributed by atoms with Crippen LogP contribution in [0, 0.1) is 6.92 Å². The van der Waals surface area contributed by atoms with E-state index in [2.05, 4.69) is 37.4 Å². The van der Waals surface area contributed by atoms with Crippen LogP contribution in [0.5, 0.6) is 11.5 Å². The number of ketones is 1. The molecular formula is C23H23BrN4O3. The third-order valence-electron chi connectivity index (χ3n) is 5.21. The van der Waals surface area contributed by atoms with Gasteiger partial charge < -0.3 is 14.8 Å². The van der Waals surface area contributed by atoms with Gasteiger partial charge in [-0.15, -0.1) is 0 Å². The molecular weight excluding hydrogens is 460 g/mol. The van der Waals surface area contributed by atoms with Gasteiger partial charge >= 0.3 is 0 Å². The highest BCUT2D eigenvalue weighted by Crippen LogP contribution is 2.42. The Morgan fingerprint density at radius 1 is 1.26 bits per heavy atom. The van der Waals surface area contributed by atoms with E-state index < -0.39 is 6.04 Å². The summed E-state index contributed by atoms with van der Waals surface area (Å²) in [6.07, 6.45) is 1.47. The number of hydrogen-bond acceptors (Lipinski definition) is 6. The second-order valence-electron chi connectivity index (χ2n) is 7.46. The number of allylic oxidation sites excluding steroid dienone is 2. The minimum Gasteiger partial charge on any atom is -0.493 e. The third-order valence-corrected chi connectivity index (χ3v) is 5.80. The Morgan fingerprint density at radius 2 is 2.06 bits per heavy atom. The number of nitrogens with one attached hydrogen (secondary N) is 1. The zero-order valence-electron chi connectivity index (χ0n) is 17.8. The van der Waals surface area contributed by atoms with E-state index in [0.29, 0.717) is 29.6 Å². The fourth-order valence-electron chi connectivity index (χ4n) is 3.85. The molecule has 3 aromatic rings. The molecule has 4 rings (SSSR count). The van der Waals surface area contributed by atoms with Crippen molar-refractivity contribution in [3.63, 3.8) is 0 Å². The number of nitrogens with zero attached hydrogens (tertiary/aromatic N) is 3. The second kappa shape index (κ2) is 8.55. The number of hydrogen-bond donors (Lipinski definition) is 1. The summed E-state index contributed by atoms with van der Waals surface area (Å²) in [6, 6.07) is 11.6. The Kier molecular flexibility index (Phi) is 5.82. The lowest BCUT2D eigenvalue weighted by Crippen LogP contribution is -2.27. The van der Waals surface area contributed by atoms with Crippen LogP contribution in [0.2, 0.25) is 0 Å². The minimum absolute atomic E-state index is 0.0361. The van der Waals surface area contributed by atoms with Crippen molar-refractivity contribution < 1.29 is 14.3 Å². The molecule has 1 aliphatic rings. The summed E-state index contributed by atoms with van der Waals surface area (Å²) in [6.45, 7) is 5.89. The molecule has 1 aliphatic heterocycles. The maximum atomic E-state index is 12.5. The summed E-state index contributed by atoms with van der Waals surface area (Å²) in [5.41, 5.74) is 4.47. The number of benzene rings is 2. The Morgan fingerprint density at radius 3 is 2.77 bits per heavy atom. The van der Waals surface area contributed by atoms with Crippen LogP contribution in [-0.4, -0.2) is 27.7 Å². The molecule has 1 N–H and O–H groups in total. The summed E-state index contributed by atoms with van der Waals surface area (Å²) >= 11 is 3.63. The van der Waals surface area contributed by atoms with Crippen LogP contribution >= 0.6 is 15.9 Å². The Balaban J connectivity index is 1.73. The summed E-state index contributed by atoms with van der Waals surface area (Å²) in [7, 11) is 1.60. The fraction of sp³-hybridized carbons (Fsp3) is 0.261. The molecule has 1 atom stereocenters. The number of aryl methyl sites for hydroxylation is 1. The zero-order chi connectivity index (χ0) is 22.1. The molecule has 0 spiro atoms. The number of fused-ring (bicyclic) bond motifs is 1. The first-order valence-electron chi connectivity index (χ1n) is 9.83. The molecule has 8 heteroatoms. The smallest absolute Gasteiger partial charge is 0.226 e. The predicted octanol–water partition coefficient (Wildman–Crippen LogP) is 4.81. The Hall–Kier alpha value is -3.13. The highest BCUT2D eigenvalue weighted by Gasteiger charge is 2.32. The Bertz CT molecular complexity index is 1190. The van der Waals surface area contributed by atoms with Crippen LogP contribution in [0.25, 0.3) is 0 Å². The van der Waals surface area contributed by atoms with Crippen LogP contribution in [0.3, 0.4) is 0 Å². The number of Topliss-reactive ketones (excluding diaryl/α,β-unsaturated/α-hetero) is 1. The van der Waals surface area contributed by atoms with Crippen molar-refractivity contribution in [1.82, 2.24) is 14.8 Å². The average molecular weight is 483 g/mol. The fourth-order valence-corrected chi connectivity index (χ4v) is 4.42. The molecule has 0 fully saturated rings. The van der Waals surface area contributed by atoms with E-state index in [9.17, 15) is 4.79 Å². The molecule has 0 bridgehead atoms. The standard InChI is InChI=1S/C23H23BrN4O3/c1-13-6-5-7-16(8-13)11-31-22-18(24)9-17(10-19(22)30-4)21-20(15(3)29)14(2)27-23-25-12-26-28(21)23/h5-10,12,21H,11H2,1-4H3,(H,25,26,27). The van der Waals surface area contributed by atoms with Gasteiger partial charge in [-0.05, 0) is 60.0 Å². The number of carbonyl (C=O) groups is 1. The normalized spacial score (nSPS) is 15.3. The average Bonchev–Trinajstić information content (AvgIpc) is 3.19. The van der Waals surface area contributed by atoms with Gasteiger partial charge in [0, 0.05) is 11.3 Å². The number of rotatable bonds is 6. The number of carbonyl (C=O) groups excluding carboxylic acids is 1. The molecule has 0 saturated heterocycles. The van der Waals surface area contributed by atoms with E-state index >= 15 is 0 Å². The Labute approximate surface area is 189 Å². The number of ether oxygens (including phenoxy) is 2. The van der Waals surface area contributed by atoms with Crippen LogP contribution in [0.15, 0.2) is 58.5 Å². The SMILES string of the molecule is COc1cc(C2C(C(C)=O)=C(C)Nc3ncnn32)cc(Br)c1OCc1cccc(C)c1. The lowest BCUT2D eigenvalue weighted by Gasteiger charge is -2.28. The van der Waals surface area contributed by atoms with Crippen LogP contribution in [-0.2, 0) is 11.4 Å². The van der Waals surface area contributed by atoms with Gasteiger partial charge in [0.25, 0.3) is 0 Å². The lowest BCUT2D eigenvalue weighted by atomic mass is 9.93. The maximum absolute atomic E-state index is 12.5. The minimum atomic E-state index is -0.424. The highest BCUT2D eigenvalue weighted by molar-refractivity contribution is 9.10. The monoisotopic (exact) mass is 482 g/mol. The number of aromatic nitrogens is 3. The predicted molar refractivity (Wildman–Crippen MR) is 121 cm³/mol. The molecule has 1 unspecified atom stereocenters. The maximum Gasteiger partial charge on any atom is 0.226 e. The highest BCUT2D eigenvalue weighted by atomic mass is 79.9. The summed E-state index contributed by atoms with van der Waals surface area (Å²) < 4.78 is 14.2. The summed E-state index contributed by atoms with van der Waals surface area (Å²) in [5.74, 6) is 1.72. The van der Waals surface area contributed by atoms with Crippen molar-refractivity contribution in [3.05, 3.63) is 75.2 Å². The van der Waals surface area contributed by atoms with Crippen molar-refractivity contribution in [3.8, 4) is 11.5 Å². The van der Waals surface area contributed by atoms with Gasteiger partial charge in [-0.3, -0.25) is 4.79 Å². The van der Waals surface area contributed by atoms with Crippen molar-refractivity contribution in [2.45, 2.75) is 33.4 Å². The quantitative estimate of drug-likeness (QED) is 0.542. The lowest BCUT2D eigenvalue weighted by molar-refractivity contribution is -0.114. The van der Waals surface area contributed by atoms with Crippen molar-refractivity contribution in [2.24, 2.45) is 0 Å². The van der Waals surface area contributed by atoms with Crippen LogP contribution in [0.1, 0.15) is 36.6 Å². The molecule has 0 radical (unpaired) electrons. The van der Waals surface area contributed by atoms with Gasteiger partial charge in [-0.2, -0.15) is 10.1 Å². The van der Waals surface area contributed by atoms with Crippen LogP contribution < -0.4 is 14.8 Å². The van der Waals surface area contributed by atoms with Gasteiger partial charge in [0.2, 0.25) is 5.95 Å². The van der Waals surface area contributed by atoms with E-state index in [1.165, 1.54) is 11.9 Å². The molecule has 0 saturated carbocycles. The second-order valence-corrected chi connectivity index (χ2v) is 8.32. The van der Waals surface area contributed by atoms with Crippen molar-refractivity contribution in [1.29, 1.82) is 0 Å². The number of anilines is 1. The van der Waals surface area contributed by atoms with Gasteiger partial charge in [0.15, 0.2) is 17.3 Å². The van der Waals surface area contributed by atoms with Gasteiger partial charge in [-0.25, -0.2) is 4.68 Å². The molecule has 2 heterocycles. The van der Waals surface area contributed by atoms with Crippen molar-refractivity contribution in [2.75, 3.05) is 12.4 Å². The van der Waals surface area contributed by atoms with Crippen molar-refractivity contribution >= 4 is 27.7 Å². The molecule has 0 aliphatic carbocycles. The first-order chi connectivity index (χ1) is 14.9. The molecule has 0 amide bonds. The summed E-state index contributed by atoms with van der Waals surface area (Å²) in [4.78, 5) is 16.7. The number of halogens is 1. The van der Waals surface area contributed by atoms with E-state index in [-0.39, 0.29) is 5.78 Å². The third kappa shape index (κ3) is 4.07. The summed E-state index contributed by atoms with van der Waals surface area (Å²) in [5, 5.41) is 7.49. The van der Waals surface area contributed by atoms with Crippen LogP contribution in [0.4, 0.5) is 5.95 Å². The molecule has 1 aromatic heterocycles. The number of methoxy groups -OCH3 is 1. The van der Waals surface area contributed by atoms with E-state index in [1.807, 2.05) is 44.2 Å². The van der Waals surface area contributed by atoms with Gasteiger partial charge in [0.1, 0.15) is 19.0 Å².